The van der Waals surface area contributed by atoms with Crippen LogP contribution in [0.1, 0.15) is 22.8 Å². The molecule has 0 heterocycles. The number of benzene rings is 2. The van der Waals surface area contributed by atoms with Crippen molar-refractivity contribution in [2.45, 2.75) is 19.4 Å². The van der Waals surface area contributed by atoms with E-state index in [0.29, 0.717) is 5.56 Å². The Balaban J connectivity index is 2.41. The molecule has 1 unspecified atom stereocenters. The highest BCUT2D eigenvalue weighted by Gasteiger charge is 2.33. The molecule has 112 valence electrons. The molecule has 0 aliphatic carbocycles. The highest BCUT2D eigenvalue weighted by Crippen LogP contribution is 2.33. The Bertz CT molecular complexity index is 618. The van der Waals surface area contributed by atoms with Crippen LogP contribution in [0, 0.1) is 12.7 Å². The van der Waals surface area contributed by atoms with E-state index in [-0.39, 0.29) is 11.1 Å². The van der Waals surface area contributed by atoms with Crippen LogP contribution in [0.15, 0.2) is 42.5 Å². The van der Waals surface area contributed by atoms with Crippen molar-refractivity contribution in [3.63, 3.8) is 0 Å². The van der Waals surface area contributed by atoms with Crippen molar-refractivity contribution < 1.29 is 27.4 Å². The predicted octanol–water partition coefficient (Wildman–Crippen LogP) is 4.11. The van der Waals surface area contributed by atoms with Crippen molar-refractivity contribution in [3.8, 4) is 5.75 Å². The van der Waals surface area contributed by atoms with Gasteiger partial charge < -0.3 is 9.84 Å². The zero-order valence-electron chi connectivity index (χ0n) is 11.0. The summed E-state index contributed by atoms with van der Waals surface area (Å²) >= 11 is 0. The quantitative estimate of drug-likeness (QED) is 0.864. The molecule has 1 N–H and O–H groups in total. The van der Waals surface area contributed by atoms with Crippen LogP contribution in [-0.4, -0.2) is 11.5 Å². The van der Waals surface area contributed by atoms with Crippen molar-refractivity contribution in [2.75, 3.05) is 0 Å². The van der Waals surface area contributed by atoms with Gasteiger partial charge in [-0.25, -0.2) is 4.39 Å². The van der Waals surface area contributed by atoms with Crippen molar-refractivity contribution in [1.29, 1.82) is 0 Å². The van der Waals surface area contributed by atoms with E-state index in [4.69, 9.17) is 0 Å². The summed E-state index contributed by atoms with van der Waals surface area (Å²) in [5, 5.41) is 10.2. The lowest BCUT2D eigenvalue weighted by Crippen LogP contribution is -2.18. The SMILES string of the molecule is Cc1cc(F)cc(C(O)c2ccccc2OC(F)(F)F)c1. The van der Waals surface area contributed by atoms with Crippen LogP contribution in [0.2, 0.25) is 0 Å². The number of alkyl halides is 3. The molecule has 1 atom stereocenters. The molecule has 0 radical (unpaired) electrons. The lowest BCUT2D eigenvalue weighted by Gasteiger charge is -2.18. The van der Waals surface area contributed by atoms with Gasteiger partial charge in [-0.3, -0.25) is 0 Å². The lowest BCUT2D eigenvalue weighted by molar-refractivity contribution is -0.275. The van der Waals surface area contributed by atoms with Crippen LogP contribution in [0.25, 0.3) is 0 Å². The fourth-order valence-corrected chi connectivity index (χ4v) is 2.03. The van der Waals surface area contributed by atoms with E-state index in [2.05, 4.69) is 4.74 Å². The fraction of sp³-hybridized carbons (Fsp3) is 0.200. The van der Waals surface area contributed by atoms with Gasteiger partial charge in [0.2, 0.25) is 0 Å². The monoisotopic (exact) mass is 300 g/mol. The van der Waals surface area contributed by atoms with E-state index in [9.17, 15) is 22.7 Å². The minimum absolute atomic E-state index is 0.0835. The van der Waals surface area contributed by atoms with Gasteiger partial charge in [0.1, 0.15) is 17.7 Å². The number of hydrogen-bond acceptors (Lipinski definition) is 2. The van der Waals surface area contributed by atoms with Crippen LogP contribution >= 0.6 is 0 Å². The average molecular weight is 300 g/mol. The van der Waals surface area contributed by atoms with Gasteiger partial charge in [-0.1, -0.05) is 24.3 Å². The van der Waals surface area contributed by atoms with Crippen molar-refractivity contribution in [3.05, 3.63) is 65.0 Å². The molecule has 0 aliphatic heterocycles. The Kier molecular flexibility index (Phi) is 4.18. The van der Waals surface area contributed by atoms with E-state index in [1.54, 1.807) is 6.92 Å². The Labute approximate surface area is 118 Å². The summed E-state index contributed by atoms with van der Waals surface area (Å²) in [5.41, 5.74) is 0.629. The summed E-state index contributed by atoms with van der Waals surface area (Å²) in [6.45, 7) is 1.62. The smallest absolute Gasteiger partial charge is 0.405 e. The predicted molar refractivity (Wildman–Crippen MR) is 68.3 cm³/mol. The van der Waals surface area contributed by atoms with Crippen LogP contribution in [0.4, 0.5) is 17.6 Å². The Morgan fingerprint density at radius 2 is 1.76 bits per heavy atom. The molecule has 2 rings (SSSR count). The maximum atomic E-state index is 13.4. The largest absolute Gasteiger partial charge is 0.573 e. The number of hydrogen-bond donors (Lipinski definition) is 1. The van der Waals surface area contributed by atoms with Gasteiger partial charge in [-0.05, 0) is 36.2 Å². The minimum Gasteiger partial charge on any atom is -0.405 e. The first-order chi connectivity index (χ1) is 9.76. The number of para-hydroxylation sites is 1. The standard InChI is InChI=1S/C15H12F4O2/c1-9-6-10(8-11(16)7-9)14(20)12-4-2-3-5-13(12)21-15(17,18)19/h2-8,14,20H,1H3. The third-order valence-corrected chi connectivity index (χ3v) is 2.82. The molecule has 2 aromatic rings. The maximum absolute atomic E-state index is 13.4. The Morgan fingerprint density at radius 1 is 1.10 bits per heavy atom. The van der Waals surface area contributed by atoms with Crippen LogP contribution < -0.4 is 4.74 Å². The number of aliphatic hydroxyl groups is 1. The van der Waals surface area contributed by atoms with Gasteiger partial charge in [0, 0.05) is 5.56 Å². The molecule has 21 heavy (non-hydrogen) atoms. The minimum atomic E-state index is -4.87. The zero-order chi connectivity index (χ0) is 15.6. The summed E-state index contributed by atoms with van der Waals surface area (Å²) in [7, 11) is 0. The zero-order valence-corrected chi connectivity index (χ0v) is 11.0. The molecular weight excluding hydrogens is 288 g/mol. The third-order valence-electron chi connectivity index (χ3n) is 2.82. The van der Waals surface area contributed by atoms with E-state index >= 15 is 0 Å². The van der Waals surface area contributed by atoms with Crippen LogP contribution in [-0.2, 0) is 0 Å². The number of rotatable bonds is 3. The van der Waals surface area contributed by atoms with Crippen molar-refractivity contribution in [1.82, 2.24) is 0 Å². The van der Waals surface area contributed by atoms with Gasteiger partial charge in [-0.15, -0.1) is 13.2 Å². The van der Waals surface area contributed by atoms with Crippen LogP contribution in [0.5, 0.6) is 5.75 Å². The number of ether oxygens (including phenoxy) is 1. The number of halogens is 4. The van der Waals surface area contributed by atoms with E-state index in [1.165, 1.54) is 30.3 Å². The second kappa shape index (κ2) is 5.73. The summed E-state index contributed by atoms with van der Waals surface area (Å²) in [4.78, 5) is 0. The Hall–Kier alpha value is -2.08. The van der Waals surface area contributed by atoms with Gasteiger partial charge in [0.05, 0.1) is 0 Å². The topological polar surface area (TPSA) is 29.5 Å². The summed E-state index contributed by atoms with van der Waals surface area (Å²) in [5.74, 6) is -1.09. The highest BCUT2D eigenvalue weighted by molar-refractivity contribution is 5.41. The van der Waals surface area contributed by atoms with E-state index in [1.807, 2.05) is 0 Å². The summed E-state index contributed by atoms with van der Waals surface area (Å²) in [6.07, 6.45) is -6.29. The van der Waals surface area contributed by atoms with Crippen molar-refractivity contribution in [2.24, 2.45) is 0 Å². The van der Waals surface area contributed by atoms with Gasteiger partial charge >= 0.3 is 6.36 Å². The first kappa shape index (κ1) is 15.3. The first-order valence-corrected chi connectivity index (χ1v) is 6.06. The van der Waals surface area contributed by atoms with Gasteiger partial charge in [-0.2, -0.15) is 0 Å². The molecule has 2 aromatic carbocycles. The number of aryl methyl sites for hydroxylation is 1. The Morgan fingerprint density at radius 3 is 2.38 bits per heavy atom. The average Bonchev–Trinajstić information content (AvgIpc) is 2.35. The molecule has 0 aliphatic rings. The lowest BCUT2D eigenvalue weighted by atomic mass is 9.99. The maximum Gasteiger partial charge on any atom is 0.573 e. The molecule has 6 heteroatoms. The first-order valence-electron chi connectivity index (χ1n) is 6.06. The molecule has 0 fully saturated rings. The molecular formula is C15H12F4O2. The van der Waals surface area contributed by atoms with Gasteiger partial charge in [0.15, 0.2) is 0 Å². The summed E-state index contributed by atoms with van der Waals surface area (Å²) in [6, 6.07) is 9.04. The summed E-state index contributed by atoms with van der Waals surface area (Å²) < 4.78 is 54.3. The normalized spacial score (nSPS) is 13.0. The molecule has 0 saturated heterocycles. The molecule has 2 nitrogen and oxygen atoms in total. The molecule has 0 aromatic heterocycles. The molecule has 0 spiro atoms. The van der Waals surface area contributed by atoms with Crippen molar-refractivity contribution >= 4 is 0 Å². The van der Waals surface area contributed by atoms with E-state index in [0.717, 1.165) is 12.1 Å². The fourth-order valence-electron chi connectivity index (χ4n) is 2.03. The molecule has 0 saturated carbocycles. The highest BCUT2D eigenvalue weighted by atomic mass is 19.4. The molecule has 0 bridgehead atoms. The second-order valence-electron chi connectivity index (χ2n) is 4.55. The molecule has 0 amide bonds. The van der Waals surface area contributed by atoms with E-state index < -0.39 is 24.0 Å². The second-order valence-corrected chi connectivity index (χ2v) is 4.55. The number of aliphatic hydroxyl groups excluding tert-OH is 1. The van der Waals surface area contributed by atoms with Gasteiger partial charge in [0.25, 0.3) is 0 Å². The third kappa shape index (κ3) is 3.95. The van der Waals surface area contributed by atoms with Crippen LogP contribution in [0.3, 0.4) is 0 Å².